The van der Waals surface area contributed by atoms with E-state index in [1.54, 1.807) is 26.2 Å². The normalized spacial score (nSPS) is 9.80. The van der Waals surface area contributed by atoms with Gasteiger partial charge in [0.25, 0.3) is 5.91 Å². The van der Waals surface area contributed by atoms with Crippen LogP contribution in [0.4, 0.5) is 0 Å². The highest BCUT2D eigenvalue weighted by atomic mass is 16.2. The van der Waals surface area contributed by atoms with Crippen molar-refractivity contribution in [1.29, 1.82) is 0 Å². The van der Waals surface area contributed by atoms with Crippen LogP contribution < -0.4 is 0 Å². The molecular formula is C12H15NO2. The first-order valence-electron chi connectivity index (χ1n) is 4.90. The van der Waals surface area contributed by atoms with E-state index in [0.29, 0.717) is 11.1 Å². The fraction of sp³-hybridized carbons (Fsp3) is 0.333. The van der Waals surface area contributed by atoms with Gasteiger partial charge < -0.3 is 4.90 Å². The molecular weight excluding hydrogens is 190 g/mol. The SMILES string of the molecule is CCc1ccc(C(=O)N(C)C)c(C=O)c1. The minimum absolute atomic E-state index is 0.139. The van der Waals surface area contributed by atoms with Crippen LogP contribution in [0.3, 0.4) is 0 Å². The molecule has 3 nitrogen and oxygen atoms in total. The van der Waals surface area contributed by atoms with E-state index in [4.69, 9.17) is 0 Å². The summed E-state index contributed by atoms with van der Waals surface area (Å²) < 4.78 is 0. The van der Waals surface area contributed by atoms with Crippen molar-refractivity contribution < 1.29 is 9.59 Å². The van der Waals surface area contributed by atoms with Crippen LogP contribution in [0, 0.1) is 0 Å². The van der Waals surface area contributed by atoms with Crippen molar-refractivity contribution in [2.24, 2.45) is 0 Å². The molecule has 0 heterocycles. The molecule has 1 aromatic rings. The van der Waals surface area contributed by atoms with E-state index >= 15 is 0 Å². The monoisotopic (exact) mass is 205 g/mol. The van der Waals surface area contributed by atoms with Crippen LogP contribution in [-0.4, -0.2) is 31.2 Å². The standard InChI is InChI=1S/C12H15NO2/c1-4-9-5-6-11(10(7-9)8-14)12(15)13(2)3/h5-8H,4H2,1-3H3. The minimum Gasteiger partial charge on any atom is -0.345 e. The van der Waals surface area contributed by atoms with Gasteiger partial charge in [-0.15, -0.1) is 0 Å². The van der Waals surface area contributed by atoms with Gasteiger partial charge in [-0.2, -0.15) is 0 Å². The van der Waals surface area contributed by atoms with E-state index < -0.39 is 0 Å². The second-order valence-electron chi connectivity index (χ2n) is 3.59. The molecule has 80 valence electrons. The number of carbonyl (C=O) groups is 2. The van der Waals surface area contributed by atoms with E-state index in [1.807, 2.05) is 13.0 Å². The minimum atomic E-state index is -0.139. The zero-order valence-corrected chi connectivity index (χ0v) is 9.28. The van der Waals surface area contributed by atoms with Crippen LogP contribution in [0.25, 0.3) is 0 Å². The Balaban J connectivity index is 3.19. The van der Waals surface area contributed by atoms with Crippen LogP contribution in [-0.2, 0) is 6.42 Å². The average molecular weight is 205 g/mol. The van der Waals surface area contributed by atoms with Gasteiger partial charge in [-0.1, -0.05) is 13.0 Å². The molecule has 0 aliphatic rings. The summed E-state index contributed by atoms with van der Waals surface area (Å²) in [5.41, 5.74) is 1.99. The highest BCUT2D eigenvalue weighted by molar-refractivity contribution is 6.01. The van der Waals surface area contributed by atoms with Crippen molar-refractivity contribution >= 4 is 12.2 Å². The van der Waals surface area contributed by atoms with Gasteiger partial charge in [-0.3, -0.25) is 9.59 Å². The maximum atomic E-state index is 11.7. The zero-order valence-electron chi connectivity index (χ0n) is 9.28. The molecule has 1 aromatic carbocycles. The van der Waals surface area contributed by atoms with Gasteiger partial charge in [0.05, 0.1) is 5.56 Å². The van der Waals surface area contributed by atoms with Gasteiger partial charge >= 0.3 is 0 Å². The highest BCUT2D eigenvalue weighted by Gasteiger charge is 2.12. The summed E-state index contributed by atoms with van der Waals surface area (Å²) >= 11 is 0. The summed E-state index contributed by atoms with van der Waals surface area (Å²) in [6.45, 7) is 2.01. The predicted molar refractivity (Wildman–Crippen MR) is 59.2 cm³/mol. The number of carbonyl (C=O) groups excluding carboxylic acids is 2. The van der Waals surface area contributed by atoms with Crippen molar-refractivity contribution in [2.45, 2.75) is 13.3 Å². The smallest absolute Gasteiger partial charge is 0.254 e. The third kappa shape index (κ3) is 2.43. The molecule has 0 unspecified atom stereocenters. The lowest BCUT2D eigenvalue weighted by Gasteiger charge is -2.12. The lowest BCUT2D eigenvalue weighted by atomic mass is 10.0. The first kappa shape index (κ1) is 11.4. The van der Waals surface area contributed by atoms with Crippen molar-refractivity contribution in [3.05, 3.63) is 34.9 Å². The molecule has 0 aromatic heterocycles. The van der Waals surface area contributed by atoms with Gasteiger partial charge in [-0.25, -0.2) is 0 Å². The molecule has 1 rings (SSSR count). The fourth-order valence-electron chi connectivity index (χ4n) is 1.37. The maximum Gasteiger partial charge on any atom is 0.254 e. The highest BCUT2D eigenvalue weighted by Crippen LogP contribution is 2.12. The Morgan fingerprint density at radius 2 is 2.07 bits per heavy atom. The van der Waals surface area contributed by atoms with Crippen LogP contribution in [0.5, 0.6) is 0 Å². The number of aryl methyl sites for hydroxylation is 1. The third-order valence-electron chi connectivity index (χ3n) is 2.29. The van der Waals surface area contributed by atoms with E-state index in [1.165, 1.54) is 4.90 Å². The quantitative estimate of drug-likeness (QED) is 0.705. The summed E-state index contributed by atoms with van der Waals surface area (Å²) in [6.07, 6.45) is 1.59. The second kappa shape index (κ2) is 4.73. The molecule has 0 saturated heterocycles. The van der Waals surface area contributed by atoms with Gasteiger partial charge in [0.2, 0.25) is 0 Å². The maximum absolute atomic E-state index is 11.7. The van der Waals surface area contributed by atoms with Crippen molar-refractivity contribution in [3.8, 4) is 0 Å². The molecule has 0 radical (unpaired) electrons. The lowest BCUT2D eigenvalue weighted by Crippen LogP contribution is -2.23. The van der Waals surface area contributed by atoms with E-state index in [9.17, 15) is 9.59 Å². The van der Waals surface area contributed by atoms with Gasteiger partial charge in [-0.05, 0) is 24.1 Å². The van der Waals surface area contributed by atoms with Gasteiger partial charge in [0.1, 0.15) is 0 Å². The van der Waals surface area contributed by atoms with Crippen LogP contribution in [0.15, 0.2) is 18.2 Å². The molecule has 0 aliphatic carbocycles. The van der Waals surface area contributed by atoms with Crippen LogP contribution >= 0.6 is 0 Å². The van der Waals surface area contributed by atoms with Crippen molar-refractivity contribution in [2.75, 3.05) is 14.1 Å². The van der Waals surface area contributed by atoms with E-state index in [0.717, 1.165) is 18.3 Å². The van der Waals surface area contributed by atoms with Gasteiger partial charge in [0, 0.05) is 19.7 Å². The molecule has 3 heteroatoms. The van der Waals surface area contributed by atoms with Crippen molar-refractivity contribution in [3.63, 3.8) is 0 Å². The Hall–Kier alpha value is -1.64. The lowest BCUT2D eigenvalue weighted by molar-refractivity contribution is 0.0824. The van der Waals surface area contributed by atoms with Crippen LogP contribution in [0.1, 0.15) is 33.2 Å². The third-order valence-corrected chi connectivity index (χ3v) is 2.29. The number of benzene rings is 1. The first-order valence-corrected chi connectivity index (χ1v) is 4.90. The molecule has 0 N–H and O–H groups in total. The Labute approximate surface area is 89.7 Å². The zero-order chi connectivity index (χ0) is 11.4. The predicted octanol–water partition coefficient (Wildman–Crippen LogP) is 1.76. The molecule has 15 heavy (non-hydrogen) atoms. The molecule has 1 amide bonds. The summed E-state index contributed by atoms with van der Waals surface area (Å²) in [4.78, 5) is 24.0. The molecule has 0 saturated carbocycles. The number of nitrogens with zero attached hydrogens (tertiary/aromatic N) is 1. The van der Waals surface area contributed by atoms with E-state index in [-0.39, 0.29) is 5.91 Å². The summed E-state index contributed by atoms with van der Waals surface area (Å²) in [7, 11) is 3.34. The topological polar surface area (TPSA) is 37.4 Å². The Kier molecular flexibility index (Phi) is 3.61. The number of hydrogen-bond acceptors (Lipinski definition) is 2. The van der Waals surface area contributed by atoms with Crippen LogP contribution in [0.2, 0.25) is 0 Å². The second-order valence-corrected chi connectivity index (χ2v) is 3.59. The number of amides is 1. The molecule has 0 spiro atoms. The summed E-state index contributed by atoms with van der Waals surface area (Å²) in [6, 6.07) is 5.36. The number of aldehydes is 1. The average Bonchev–Trinajstić information content (AvgIpc) is 2.27. The number of hydrogen-bond donors (Lipinski definition) is 0. The molecule has 0 aliphatic heterocycles. The summed E-state index contributed by atoms with van der Waals surface area (Å²) in [5, 5.41) is 0. The number of rotatable bonds is 3. The summed E-state index contributed by atoms with van der Waals surface area (Å²) in [5.74, 6) is -0.139. The Bertz CT molecular complexity index is 383. The first-order chi connectivity index (χ1) is 7.10. The molecule has 0 atom stereocenters. The molecule has 0 fully saturated rings. The van der Waals surface area contributed by atoms with Gasteiger partial charge in [0.15, 0.2) is 6.29 Å². The molecule has 0 bridgehead atoms. The van der Waals surface area contributed by atoms with Crippen molar-refractivity contribution in [1.82, 2.24) is 4.90 Å². The van der Waals surface area contributed by atoms with E-state index in [2.05, 4.69) is 0 Å². The Morgan fingerprint density at radius 3 is 2.53 bits per heavy atom. The fourth-order valence-corrected chi connectivity index (χ4v) is 1.37. The largest absolute Gasteiger partial charge is 0.345 e. The Morgan fingerprint density at radius 1 is 1.40 bits per heavy atom.